The average molecular weight is 179 g/mol. The second kappa shape index (κ2) is 4.26. The number of hydrogen-bond donors (Lipinski definition) is 0. The van der Waals surface area contributed by atoms with Crippen molar-refractivity contribution in [2.24, 2.45) is 13.0 Å². The zero-order valence-electron chi connectivity index (χ0n) is 8.58. The molecule has 0 N–H and O–H groups in total. The monoisotopic (exact) mass is 179 g/mol. The summed E-state index contributed by atoms with van der Waals surface area (Å²) in [6.07, 6.45) is 3.99. The van der Waals surface area contributed by atoms with Gasteiger partial charge in [0.25, 0.3) is 5.56 Å². The molecule has 0 aliphatic rings. The maximum Gasteiger partial charge on any atom is 0.250 e. The molecular formula is C11H17NO. The molecule has 0 amide bonds. The van der Waals surface area contributed by atoms with E-state index in [1.54, 1.807) is 17.7 Å². The molecule has 0 aromatic carbocycles. The Morgan fingerprint density at radius 3 is 2.69 bits per heavy atom. The van der Waals surface area contributed by atoms with Crippen molar-refractivity contribution in [2.45, 2.75) is 26.7 Å². The zero-order chi connectivity index (χ0) is 9.84. The van der Waals surface area contributed by atoms with Gasteiger partial charge in [-0.25, -0.2) is 0 Å². The van der Waals surface area contributed by atoms with E-state index in [2.05, 4.69) is 13.8 Å². The van der Waals surface area contributed by atoms with Gasteiger partial charge in [-0.15, -0.1) is 0 Å². The van der Waals surface area contributed by atoms with Crippen molar-refractivity contribution in [2.75, 3.05) is 0 Å². The second-order valence-corrected chi connectivity index (χ2v) is 3.92. The Morgan fingerprint density at radius 1 is 1.46 bits per heavy atom. The lowest BCUT2D eigenvalue weighted by Crippen LogP contribution is -2.15. The van der Waals surface area contributed by atoms with E-state index in [9.17, 15) is 4.79 Å². The van der Waals surface area contributed by atoms with Crippen LogP contribution in [0.25, 0.3) is 0 Å². The normalized spacial score (nSPS) is 10.8. The number of hydrogen-bond acceptors (Lipinski definition) is 1. The number of rotatable bonds is 3. The van der Waals surface area contributed by atoms with E-state index in [1.807, 2.05) is 12.3 Å². The molecule has 0 radical (unpaired) electrons. The Bertz CT molecular complexity index is 325. The van der Waals surface area contributed by atoms with Crippen molar-refractivity contribution in [3.05, 3.63) is 34.2 Å². The second-order valence-electron chi connectivity index (χ2n) is 3.92. The lowest BCUT2D eigenvalue weighted by molar-refractivity contribution is 0.585. The van der Waals surface area contributed by atoms with Gasteiger partial charge in [-0.3, -0.25) is 4.79 Å². The van der Waals surface area contributed by atoms with Crippen LogP contribution in [0.1, 0.15) is 25.8 Å². The minimum Gasteiger partial charge on any atom is -0.319 e. The highest BCUT2D eigenvalue weighted by atomic mass is 16.1. The van der Waals surface area contributed by atoms with Gasteiger partial charge in [0, 0.05) is 19.3 Å². The summed E-state index contributed by atoms with van der Waals surface area (Å²) >= 11 is 0. The minimum absolute atomic E-state index is 0.0845. The summed E-state index contributed by atoms with van der Waals surface area (Å²) in [7, 11) is 1.77. The van der Waals surface area contributed by atoms with Gasteiger partial charge in [0.15, 0.2) is 0 Å². The third kappa shape index (κ3) is 3.05. The molecule has 0 aliphatic carbocycles. The summed E-state index contributed by atoms with van der Waals surface area (Å²) in [5.41, 5.74) is 1.23. The first kappa shape index (κ1) is 10.0. The zero-order valence-corrected chi connectivity index (χ0v) is 8.58. The fraction of sp³-hybridized carbons (Fsp3) is 0.545. The SMILES string of the molecule is CC(C)CCc1ccn(C)c(=O)c1. The van der Waals surface area contributed by atoms with E-state index in [-0.39, 0.29) is 5.56 Å². The summed E-state index contributed by atoms with van der Waals surface area (Å²) < 4.78 is 1.60. The molecule has 0 unspecified atom stereocenters. The van der Waals surface area contributed by atoms with Gasteiger partial charge in [0.1, 0.15) is 0 Å². The number of aryl methyl sites for hydroxylation is 2. The van der Waals surface area contributed by atoms with Gasteiger partial charge in [0.05, 0.1) is 0 Å². The van der Waals surface area contributed by atoms with E-state index in [1.165, 1.54) is 0 Å². The predicted molar refractivity (Wildman–Crippen MR) is 54.8 cm³/mol. The summed E-state index contributed by atoms with van der Waals surface area (Å²) in [4.78, 5) is 11.2. The highest BCUT2D eigenvalue weighted by Crippen LogP contribution is 2.06. The Hall–Kier alpha value is -1.05. The van der Waals surface area contributed by atoms with Crippen LogP contribution in [-0.4, -0.2) is 4.57 Å². The molecule has 0 spiro atoms. The number of pyridine rings is 1. The Balaban J connectivity index is 2.69. The third-order valence-corrected chi connectivity index (χ3v) is 2.18. The lowest BCUT2D eigenvalue weighted by atomic mass is 10.0. The molecule has 0 fully saturated rings. The van der Waals surface area contributed by atoms with Crippen molar-refractivity contribution in [1.82, 2.24) is 4.57 Å². The maximum atomic E-state index is 11.2. The fourth-order valence-electron chi connectivity index (χ4n) is 1.20. The van der Waals surface area contributed by atoms with Crippen LogP contribution in [0.5, 0.6) is 0 Å². The molecule has 2 heteroatoms. The molecule has 0 atom stereocenters. The lowest BCUT2D eigenvalue weighted by Gasteiger charge is -2.04. The topological polar surface area (TPSA) is 22.0 Å². The highest BCUT2D eigenvalue weighted by molar-refractivity contribution is 5.10. The molecule has 0 saturated carbocycles. The molecule has 1 aromatic rings. The number of nitrogens with zero attached hydrogens (tertiary/aromatic N) is 1. The molecule has 0 saturated heterocycles. The van der Waals surface area contributed by atoms with E-state index in [4.69, 9.17) is 0 Å². The average Bonchev–Trinajstić information content (AvgIpc) is 2.07. The van der Waals surface area contributed by atoms with Crippen molar-refractivity contribution in [3.8, 4) is 0 Å². The van der Waals surface area contributed by atoms with Crippen LogP contribution < -0.4 is 5.56 Å². The van der Waals surface area contributed by atoms with Gasteiger partial charge in [-0.2, -0.15) is 0 Å². The van der Waals surface area contributed by atoms with Crippen LogP contribution in [0.4, 0.5) is 0 Å². The van der Waals surface area contributed by atoms with Gasteiger partial charge in [0.2, 0.25) is 0 Å². The molecule has 72 valence electrons. The van der Waals surface area contributed by atoms with E-state index < -0.39 is 0 Å². The molecule has 1 rings (SSSR count). The largest absolute Gasteiger partial charge is 0.319 e. The van der Waals surface area contributed by atoms with Gasteiger partial charge in [-0.05, 0) is 30.4 Å². The summed E-state index contributed by atoms with van der Waals surface area (Å²) in [5, 5.41) is 0. The third-order valence-electron chi connectivity index (χ3n) is 2.18. The Labute approximate surface area is 79.2 Å². The maximum absolute atomic E-state index is 11.2. The summed E-state index contributed by atoms with van der Waals surface area (Å²) in [5.74, 6) is 0.698. The number of aromatic nitrogens is 1. The van der Waals surface area contributed by atoms with Crippen LogP contribution in [0.15, 0.2) is 23.1 Å². The first-order valence-electron chi connectivity index (χ1n) is 4.75. The predicted octanol–water partition coefficient (Wildman–Crippen LogP) is 1.97. The van der Waals surface area contributed by atoms with E-state index in [0.717, 1.165) is 18.4 Å². The highest BCUT2D eigenvalue weighted by Gasteiger charge is 1.98. The summed E-state index contributed by atoms with van der Waals surface area (Å²) in [6.45, 7) is 4.39. The minimum atomic E-state index is 0.0845. The van der Waals surface area contributed by atoms with Crippen LogP contribution in [0.3, 0.4) is 0 Å². The van der Waals surface area contributed by atoms with Crippen molar-refractivity contribution in [3.63, 3.8) is 0 Å². The molecule has 1 heterocycles. The smallest absolute Gasteiger partial charge is 0.250 e. The molecule has 2 nitrogen and oxygen atoms in total. The standard InChI is InChI=1S/C11H17NO/c1-9(2)4-5-10-6-7-12(3)11(13)8-10/h6-9H,4-5H2,1-3H3. The quantitative estimate of drug-likeness (QED) is 0.695. The molecule has 1 aromatic heterocycles. The molecule has 0 aliphatic heterocycles. The van der Waals surface area contributed by atoms with Crippen LogP contribution in [0, 0.1) is 5.92 Å². The van der Waals surface area contributed by atoms with Crippen molar-refractivity contribution >= 4 is 0 Å². The first-order chi connectivity index (χ1) is 6.09. The van der Waals surface area contributed by atoms with E-state index >= 15 is 0 Å². The fourth-order valence-corrected chi connectivity index (χ4v) is 1.20. The van der Waals surface area contributed by atoms with E-state index in [0.29, 0.717) is 5.92 Å². The van der Waals surface area contributed by atoms with Crippen LogP contribution in [0.2, 0.25) is 0 Å². The Morgan fingerprint density at radius 2 is 2.15 bits per heavy atom. The van der Waals surface area contributed by atoms with Crippen molar-refractivity contribution < 1.29 is 0 Å². The Kier molecular flexibility index (Phi) is 3.29. The van der Waals surface area contributed by atoms with Crippen molar-refractivity contribution in [1.29, 1.82) is 0 Å². The molecular weight excluding hydrogens is 162 g/mol. The first-order valence-corrected chi connectivity index (χ1v) is 4.75. The van der Waals surface area contributed by atoms with Gasteiger partial charge in [-0.1, -0.05) is 13.8 Å². The summed E-state index contributed by atoms with van der Waals surface area (Å²) in [6, 6.07) is 3.74. The molecule has 0 bridgehead atoms. The van der Waals surface area contributed by atoms with Gasteiger partial charge < -0.3 is 4.57 Å². The van der Waals surface area contributed by atoms with Crippen LogP contribution in [-0.2, 0) is 13.5 Å². The van der Waals surface area contributed by atoms with Gasteiger partial charge >= 0.3 is 0 Å². The van der Waals surface area contributed by atoms with Crippen LogP contribution >= 0.6 is 0 Å². The molecule has 13 heavy (non-hydrogen) atoms.